The van der Waals surface area contributed by atoms with Gasteiger partial charge in [-0.2, -0.15) is 0 Å². The van der Waals surface area contributed by atoms with E-state index in [1.54, 1.807) is 0 Å². The standard InChI is InChI=1S/C16H31N3O/c1-2-8-19(9-3-1)15-4-10-18(11-5-15)12-6-16-14-17-7-13-20-16/h15-17H,1-14H2. The highest BCUT2D eigenvalue weighted by Crippen LogP contribution is 2.21. The highest BCUT2D eigenvalue weighted by molar-refractivity contribution is 4.82. The van der Waals surface area contributed by atoms with Gasteiger partial charge in [-0.3, -0.25) is 0 Å². The lowest BCUT2D eigenvalue weighted by Gasteiger charge is -2.40. The number of ether oxygens (including phenoxy) is 1. The molecule has 3 heterocycles. The minimum Gasteiger partial charge on any atom is -0.376 e. The topological polar surface area (TPSA) is 27.7 Å². The normalized spacial score (nSPS) is 31.5. The molecule has 0 aromatic rings. The van der Waals surface area contributed by atoms with E-state index in [9.17, 15) is 0 Å². The molecular formula is C16H31N3O. The highest BCUT2D eigenvalue weighted by atomic mass is 16.5. The molecular weight excluding hydrogens is 250 g/mol. The lowest BCUT2D eigenvalue weighted by Crippen LogP contribution is -2.47. The van der Waals surface area contributed by atoms with Crippen molar-refractivity contribution in [3.05, 3.63) is 0 Å². The molecule has 0 bridgehead atoms. The highest BCUT2D eigenvalue weighted by Gasteiger charge is 2.25. The molecule has 0 aliphatic carbocycles. The van der Waals surface area contributed by atoms with Gasteiger partial charge in [0.1, 0.15) is 0 Å². The molecule has 0 radical (unpaired) electrons. The van der Waals surface area contributed by atoms with Crippen molar-refractivity contribution >= 4 is 0 Å². The summed E-state index contributed by atoms with van der Waals surface area (Å²) in [5.41, 5.74) is 0. The number of likely N-dealkylation sites (tertiary alicyclic amines) is 2. The second kappa shape index (κ2) is 7.74. The van der Waals surface area contributed by atoms with Gasteiger partial charge in [0, 0.05) is 25.7 Å². The van der Waals surface area contributed by atoms with E-state index in [2.05, 4.69) is 15.1 Å². The summed E-state index contributed by atoms with van der Waals surface area (Å²) in [5.74, 6) is 0. The summed E-state index contributed by atoms with van der Waals surface area (Å²) in [7, 11) is 0. The average Bonchev–Trinajstić information content (AvgIpc) is 2.55. The van der Waals surface area contributed by atoms with E-state index in [-0.39, 0.29) is 0 Å². The van der Waals surface area contributed by atoms with E-state index < -0.39 is 0 Å². The smallest absolute Gasteiger partial charge is 0.0712 e. The SMILES string of the molecule is C1CCN(C2CCN(CCC3CNCCO3)CC2)CC1. The molecule has 0 aromatic carbocycles. The first-order chi connectivity index (χ1) is 9.92. The number of piperidine rings is 2. The summed E-state index contributed by atoms with van der Waals surface area (Å²) < 4.78 is 5.79. The van der Waals surface area contributed by atoms with Crippen LogP contribution in [0.15, 0.2) is 0 Å². The van der Waals surface area contributed by atoms with Crippen LogP contribution in [-0.2, 0) is 4.74 Å². The second-order valence-electron chi connectivity index (χ2n) is 6.66. The number of nitrogens with one attached hydrogen (secondary N) is 1. The summed E-state index contributed by atoms with van der Waals surface area (Å²) in [4.78, 5) is 5.41. The molecule has 1 unspecified atom stereocenters. The van der Waals surface area contributed by atoms with Crippen molar-refractivity contribution in [3.8, 4) is 0 Å². The molecule has 1 atom stereocenters. The molecule has 116 valence electrons. The Morgan fingerprint density at radius 1 is 1.00 bits per heavy atom. The van der Waals surface area contributed by atoms with E-state index in [4.69, 9.17) is 4.74 Å². The van der Waals surface area contributed by atoms with Crippen molar-refractivity contribution in [2.45, 2.75) is 50.7 Å². The maximum atomic E-state index is 5.79. The summed E-state index contributed by atoms with van der Waals surface area (Å²) in [6.07, 6.45) is 8.70. The quantitative estimate of drug-likeness (QED) is 0.841. The number of hydrogen-bond donors (Lipinski definition) is 1. The molecule has 0 saturated carbocycles. The summed E-state index contributed by atoms with van der Waals surface area (Å²) in [5, 5.41) is 3.42. The first-order valence-corrected chi connectivity index (χ1v) is 8.70. The largest absolute Gasteiger partial charge is 0.376 e. The molecule has 0 aromatic heterocycles. The van der Waals surface area contributed by atoms with E-state index >= 15 is 0 Å². The molecule has 3 rings (SSSR count). The Hall–Kier alpha value is -0.160. The molecule has 4 heteroatoms. The van der Waals surface area contributed by atoms with Crippen molar-refractivity contribution in [2.24, 2.45) is 0 Å². The van der Waals surface area contributed by atoms with Gasteiger partial charge < -0.3 is 19.9 Å². The maximum Gasteiger partial charge on any atom is 0.0712 e. The molecule has 20 heavy (non-hydrogen) atoms. The van der Waals surface area contributed by atoms with Crippen LogP contribution in [-0.4, -0.2) is 74.4 Å². The zero-order chi connectivity index (χ0) is 13.6. The molecule has 0 spiro atoms. The molecule has 3 aliphatic rings. The lowest BCUT2D eigenvalue weighted by atomic mass is 9.99. The van der Waals surface area contributed by atoms with Crippen LogP contribution in [0, 0.1) is 0 Å². The Bertz CT molecular complexity index is 267. The predicted octanol–water partition coefficient (Wildman–Crippen LogP) is 1.32. The van der Waals surface area contributed by atoms with Gasteiger partial charge in [-0.25, -0.2) is 0 Å². The van der Waals surface area contributed by atoms with Crippen molar-refractivity contribution in [2.75, 3.05) is 52.4 Å². The van der Waals surface area contributed by atoms with Gasteiger partial charge in [-0.1, -0.05) is 6.42 Å². The third-order valence-corrected chi connectivity index (χ3v) is 5.24. The van der Waals surface area contributed by atoms with Crippen LogP contribution in [0.4, 0.5) is 0 Å². The van der Waals surface area contributed by atoms with Crippen LogP contribution in [0.3, 0.4) is 0 Å². The third kappa shape index (κ3) is 4.17. The molecule has 1 N–H and O–H groups in total. The minimum atomic E-state index is 0.448. The van der Waals surface area contributed by atoms with Crippen LogP contribution in [0.25, 0.3) is 0 Å². The molecule has 3 fully saturated rings. The Morgan fingerprint density at radius 3 is 2.50 bits per heavy atom. The van der Waals surface area contributed by atoms with Crippen LogP contribution in [0.1, 0.15) is 38.5 Å². The van der Waals surface area contributed by atoms with Gasteiger partial charge in [0.15, 0.2) is 0 Å². The van der Waals surface area contributed by atoms with Gasteiger partial charge >= 0.3 is 0 Å². The van der Waals surface area contributed by atoms with Gasteiger partial charge in [-0.05, 0) is 58.3 Å². The first-order valence-electron chi connectivity index (χ1n) is 8.70. The Kier molecular flexibility index (Phi) is 5.71. The van der Waals surface area contributed by atoms with Crippen LogP contribution >= 0.6 is 0 Å². The monoisotopic (exact) mass is 281 g/mol. The Balaban J connectivity index is 1.33. The van der Waals surface area contributed by atoms with Crippen molar-refractivity contribution in [3.63, 3.8) is 0 Å². The minimum absolute atomic E-state index is 0.448. The van der Waals surface area contributed by atoms with E-state index in [0.717, 1.165) is 25.7 Å². The van der Waals surface area contributed by atoms with Crippen molar-refractivity contribution in [1.29, 1.82) is 0 Å². The number of morpholine rings is 1. The number of rotatable bonds is 4. The summed E-state index contributed by atoms with van der Waals surface area (Å²) in [6.45, 7) is 9.48. The van der Waals surface area contributed by atoms with Crippen LogP contribution in [0.2, 0.25) is 0 Å². The van der Waals surface area contributed by atoms with E-state index in [1.165, 1.54) is 71.2 Å². The maximum absolute atomic E-state index is 5.79. The Labute approximate surface area is 123 Å². The number of nitrogens with zero attached hydrogens (tertiary/aromatic N) is 2. The molecule has 3 aliphatic heterocycles. The molecule has 4 nitrogen and oxygen atoms in total. The number of hydrogen-bond acceptors (Lipinski definition) is 4. The average molecular weight is 281 g/mol. The zero-order valence-corrected chi connectivity index (χ0v) is 12.9. The zero-order valence-electron chi connectivity index (χ0n) is 12.9. The Morgan fingerprint density at radius 2 is 1.80 bits per heavy atom. The fourth-order valence-corrected chi connectivity index (χ4v) is 3.92. The van der Waals surface area contributed by atoms with Crippen LogP contribution in [0.5, 0.6) is 0 Å². The van der Waals surface area contributed by atoms with Gasteiger partial charge in [-0.15, -0.1) is 0 Å². The van der Waals surface area contributed by atoms with Gasteiger partial charge in [0.25, 0.3) is 0 Å². The van der Waals surface area contributed by atoms with E-state index in [0.29, 0.717) is 6.10 Å². The van der Waals surface area contributed by atoms with E-state index in [1.807, 2.05) is 0 Å². The van der Waals surface area contributed by atoms with Crippen LogP contribution < -0.4 is 5.32 Å². The predicted molar refractivity (Wildman–Crippen MR) is 82.1 cm³/mol. The summed E-state index contributed by atoms with van der Waals surface area (Å²) >= 11 is 0. The fourth-order valence-electron chi connectivity index (χ4n) is 3.92. The second-order valence-corrected chi connectivity index (χ2v) is 6.66. The van der Waals surface area contributed by atoms with Gasteiger partial charge in [0.2, 0.25) is 0 Å². The lowest BCUT2D eigenvalue weighted by molar-refractivity contribution is 0.0132. The van der Waals surface area contributed by atoms with Crippen molar-refractivity contribution in [1.82, 2.24) is 15.1 Å². The van der Waals surface area contributed by atoms with Gasteiger partial charge in [0.05, 0.1) is 12.7 Å². The molecule has 0 amide bonds. The first kappa shape index (κ1) is 14.8. The molecule has 3 saturated heterocycles. The third-order valence-electron chi connectivity index (χ3n) is 5.24. The fraction of sp³-hybridized carbons (Fsp3) is 1.00. The summed E-state index contributed by atoms with van der Waals surface area (Å²) in [6, 6.07) is 0.874. The van der Waals surface area contributed by atoms with Crippen molar-refractivity contribution < 1.29 is 4.74 Å².